The van der Waals surface area contributed by atoms with E-state index in [0.717, 1.165) is 0 Å². The van der Waals surface area contributed by atoms with Gasteiger partial charge in [0, 0.05) is 6.07 Å². The Balaban J connectivity index is 3.18. The number of rotatable bonds is 3. The topological polar surface area (TPSA) is 74.4 Å². The van der Waals surface area contributed by atoms with Gasteiger partial charge < -0.3 is 15.2 Å². The molecule has 1 aromatic rings. The zero-order chi connectivity index (χ0) is 9.84. The van der Waals surface area contributed by atoms with Crippen molar-refractivity contribution >= 4 is 5.91 Å². The zero-order valence-electron chi connectivity index (χ0n) is 7.40. The Labute approximate surface area is 75.5 Å². The van der Waals surface area contributed by atoms with Crippen molar-refractivity contribution in [2.24, 2.45) is 5.73 Å². The van der Waals surface area contributed by atoms with Crippen molar-refractivity contribution in [3.8, 4) is 11.6 Å². The lowest BCUT2D eigenvalue weighted by Crippen LogP contribution is -2.14. The van der Waals surface area contributed by atoms with Gasteiger partial charge in [-0.2, -0.15) is 0 Å². The number of carbonyl (C=O) groups is 1. The number of aromatic nitrogens is 1. The number of nitrogens with two attached hydrogens (primary N) is 1. The van der Waals surface area contributed by atoms with Gasteiger partial charge in [-0.05, 0) is 6.07 Å². The van der Waals surface area contributed by atoms with Crippen LogP contribution in [0.15, 0.2) is 12.1 Å². The molecule has 0 aliphatic carbocycles. The number of pyridine rings is 1. The Morgan fingerprint density at radius 1 is 1.38 bits per heavy atom. The van der Waals surface area contributed by atoms with Crippen LogP contribution in [0.5, 0.6) is 11.6 Å². The molecule has 1 amide bonds. The van der Waals surface area contributed by atoms with Crippen LogP contribution >= 0.6 is 0 Å². The Morgan fingerprint density at radius 3 is 2.54 bits per heavy atom. The van der Waals surface area contributed by atoms with Gasteiger partial charge >= 0.3 is 0 Å². The Hall–Kier alpha value is -1.78. The molecular weight excluding hydrogens is 172 g/mol. The van der Waals surface area contributed by atoms with Crippen LogP contribution in [-0.2, 0) is 0 Å². The lowest BCUT2D eigenvalue weighted by atomic mass is 10.3. The number of hydrogen-bond donors (Lipinski definition) is 1. The third-order valence-corrected chi connectivity index (χ3v) is 1.50. The molecule has 0 fully saturated rings. The number of ether oxygens (including phenoxy) is 2. The molecule has 5 heteroatoms. The first-order valence-electron chi connectivity index (χ1n) is 3.58. The predicted molar refractivity (Wildman–Crippen MR) is 45.9 cm³/mol. The van der Waals surface area contributed by atoms with Crippen LogP contribution in [0.4, 0.5) is 0 Å². The number of amides is 1. The lowest BCUT2D eigenvalue weighted by molar-refractivity contribution is 0.0991. The van der Waals surface area contributed by atoms with Gasteiger partial charge in [-0.25, -0.2) is 4.98 Å². The summed E-state index contributed by atoms with van der Waals surface area (Å²) in [5.74, 6) is 0.0265. The highest BCUT2D eigenvalue weighted by Crippen LogP contribution is 2.18. The molecule has 0 saturated heterocycles. The molecule has 1 heterocycles. The molecule has 70 valence electrons. The van der Waals surface area contributed by atoms with Crippen molar-refractivity contribution in [2.75, 3.05) is 14.2 Å². The average Bonchev–Trinajstić information content (AvgIpc) is 2.16. The summed E-state index contributed by atoms with van der Waals surface area (Å²) in [6.45, 7) is 0. The van der Waals surface area contributed by atoms with E-state index < -0.39 is 5.91 Å². The van der Waals surface area contributed by atoms with Gasteiger partial charge in [0.15, 0.2) is 5.69 Å². The Bertz CT molecular complexity index is 325. The smallest absolute Gasteiger partial charge is 0.271 e. The minimum atomic E-state index is -0.643. The van der Waals surface area contributed by atoms with Gasteiger partial charge in [0.1, 0.15) is 5.75 Å². The van der Waals surface area contributed by atoms with E-state index in [2.05, 4.69) is 4.98 Å². The van der Waals surface area contributed by atoms with Crippen molar-refractivity contribution < 1.29 is 14.3 Å². The predicted octanol–water partition coefficient (Wildman–Crippen LogP) is 0.198. The first-order chi connectivity index (χ1) is 6.19. The molecule has 2 N–H and O–H groups in total. The van der Waals surface area contributed by atoms with Crippen LogP contribution in [-0.4, -0.2) is 25.1 Å². The summed E-state index contributed by atoms with van der Waals surface area (Å²) in [4.78, 5) is 14.7. The highest BCUT2D eigenvalue weighted by molar-refractivity contribution is 5.93. The molecule has 0 saturated carbocycles. The standard InChI is InChI=1S/C8H10N2O3/c1-12-5-3-4-6(13-2)10-7(5)8(9)11/h3-4H,1-2H3,(H2,9,11). The van der Waals surface area contributed by atoms with Crippen molar-refractivity contribution in [1.82, 2.24) is 4.98 Å². The number of hydrogen-bond acceptors (Lipinski definition) is 4. The quantitative estimate of drug-likeness (QED) is 0.724. The number of primary amides is 1. The van der Waals surface area contributed by atoms with Crippen LogP contribution in [0.25, 0.3) is 0 Å². The van der Waals surface area contributed by atoms with Crippen LogP contribution in [0, 0.1) is 0 Å². The molecule has 13 heavy (non-hydrogen) atoms. The summed E-state index contributed by atoms with van der Waals surface area (Å²) in [6.07, 6.45) is 0. The maximum atomic E-state index is 10.9. The third-order valence-electron chi connectivity index (χ3n) is 1.50. The summed E-state index contributed by atoms with van der Waals surface area (Å²) in [5, 5.41) is 0. The Morgan fingerprint density at radius 2 is 2.08 bits per heavy atom. The molecule has 1 rings (SSSR count). The zero-order valence-corrected chi connectivity index (χ0v) is 7.40. The van der Waals surface area contributed by atoms with Crippen LogP contribution in [0.2, 0.25) is 0 Å². The first kappa shape index (κ1) is 9.31. The maximum Gasteiger partial charge on any atom is 0.271 e. The number of nitrogens with zero attached hydrogens (tertiary/aromatic N) is 1. The van der Waals surface area contributed by atoms with E-state index in [4.69, 9.17) is 15.2 Å². The Kier molecular flexibility index (Phi) is 2.69. The van der Waals surface area contributed by atoms with Gasteiger partial charge in [-0.3, -0.25) is 4.79 Å². The molecule has 0 aliphatic heterocycles. The second kappa shape index (κ2) is 3.75. The normalized spacial score (nSPS) is 9.38. The fourth-order valence-corrected chi connectivity index (χ4v) is 0.883. The molecule has 0 aliphatic rings. The molecule has 1 aromatic heterocycles. The van der Waals surface area contributed by atoms with Crippen molar-refractivity contribution in [2.45, 2.75) is 0 Å². The third kappa shape index (κ3) is 1.87. The fraction of sp³-hybridized carbons (Fsp3) is 0.250. The van der Waals surface area contributed by atoms with Crippen LogP contribution < -0.4 is 15.2 Å². The van der Waals surface area contributed by atoms with Crippen molar-refractivity contribution in [1.29, 1.82) is 0 Å². The van der Waals surface area contributed by atoms with Gasteiger partial charge in [0.2, 0.25) is 5.88 Å². The average molecular weight is 182 g/mol. The summed E-state index contributed by atoms with van der Waals surface area (Å²) in [5.41, 5.74) is 5.15. The van der Waals surface area contributed by atoms with Gasteiger partial charge in [0.05, 0.1) is 14.2 Å². The van der Waals surface area contributed by atoms with E-state index in [9.17, 15) is 4.79 Å². The van der Waals surface area contributed by atoms with Crippen molar-refractivity contribution in [3.05, 3.63) is 17.8 Å². The fourth-order valence-electron chi connectivity index (χ4n) is 0.883. The minimum absolute atomic E-state index is 0.0712. The highest BCUT2D eigenvalue weighted by Gasteiger charge is 2.11. The van der Waals surface area contributed by atoms with E-state index in [-0.39, 0.29) is 5.69 Å². The molecular formula is C8H10N2O3. The molecule has 0 unspecified atom stereocenters. The molecule has 0 spiro atoms. The SMILES string of the molecule is COc1ccc(OC)c(C(N)=O)n1. The van der Waals surface area contributed by atoms with Gasteiger partial charge in [-0.1, -0.05) is 0 Å². The van der Waals surface area contributed by atoms with E-state index >= 15 is 0 Å². The molecule has 0 bridgehead atoms. The second-order valence-corrected chi connectivity index (χ2v) is 2.27. The number of methoxy groups -OCH3 is 2. The largest absolute Gasteiger partial charge is 0.494 e. The summed E-state index contributed by atoms with van der Waals surface area (Å²) < 4.78 is 9.72. The summed E-state index contributed by atoms with van der Waals surface area (Å²) in [6, 6.07) is 3.16. The minimum Gasteiger partial charge on any atom is -0.494 e. The maximum absolute atomic E-state index is 10.9. The van der Waals surface area contributed by atoms with Crippen LogP contribution in [0.1, 0.15) is 10.5 Å². The van der Waals surface area contributed by atoms with Crippen LogP contribution in [0.3, 0.4) is 0 Å². The lowest BCUT2D eigenvalue weighted by Gasteiger charge is -2.05. The summed E-state index contributed by atoms with van der Waals surface area (Å²) in [7, 11) is 2.90. The number of carbonyl (C=O) groups excluding carboxylic acids is 1. The molecule has 0 atom stereocenters. The van der Waals surface area contributed by atoms with Crippen molar-refractivity contribution in [3.63, 3.8) is 0 Å². The van der Waals surface area contributed by atoms with E-state index in [1.807, 2.05) is 0 Å². The monoisotopic (exact) mass is 182 g/mol. The molecule has 5 nitrogen and oxygen atoms in total. The van der Waals surface area contributed by atoms with E-state index in [1.54, 1.807) is 12.1 Å². The molecule has 0 radical (unpaired) electrons. The first-order valence-corrected chi connectivity index (χ1v) is 3.58. The highest BCUT2D eigenvalue weighted by atomic mass is 16.5. The molecule has 0 aromatic carbocycles. The van der Waals surface area contributed by atoms with Gasteiger partial charge in [-0.15, -0.1) is 0 Å². The van der Waals surface area contributed by atoms with E-state index in [0.29, 0.717) is 11.6 Å². The van der Waals surface area contributed by atoms with Gasteiger partial charge in [0.25, 0.3) is 5.91 Å². The summed E-state index contributed by atoms with van der Waals surface area (Å²) >= 11 is 0. The second-order valence-electron chi connectivity index (χ2n) is 2.27. The van der Waals surface area contributed by atoms with E-state index in [1.165, 1.54) is 14.2 Å².